The van der Waals surface area contributed by atoms with Crippen molar-refractivity contribution in [1.82, 2.24) is 15.6 Å². The lowest BCUT2D eigenvalue weighted by Gasteiger charge is -2.12. The molecule has 0 fully saturated rings. The van der Waals surface area contributed by atoms with Gasteiger partial charge in [0.25, 0.3) is 5.91 Å². The van der Waals surface area contributed by atoms with Gasteiger partial charge in [0.05, 0.1) is 27.5 Å². The summed E-state index contributed by atoms with van der Waals surface area (Å²) < 4.78 is 15.8. The van der Waals surface area contributed by atoms with Crippen molar-refractivity contribution in [2.45, 2.75) is 19.8 Å². The third kappa shape index (κ3) is 4.28. The Morgan fingerprint density at radius 3 is 2.28 bits per heavy atom. The minimum atomic E-state index is -0.396. The molecule has 0 aliphatic carbocycles. The maximum absolute atomic E-state index is 12.0. The summed E-state index contributed by atoms with van der Waals surface area (Å²) in [7, 11) is 4.59. The van der Waals surface area contributed by atoms with E-state index in [0.29, 0.717) is 22.8 Å². The Hall–Kier alpha value is -3.03. The number of amides is 1. The van der Waals surface area contributed by atoms with Crippen LogP contribution >= 0.6 is 0 Å². The van der Waals surface area contributed by atoms with Crippen LogP contribution in [0.1, 0.15) is 41.5 Å². The van der Waals surface area contributed by atoms with Gasteiger partial charge in [-0.1, -0.05) is 13.8 Å². The molecule has 0 saturated heterocycles. The predicted octanol–water partition coefficient (Wildman–Crippen LogP) is 2.32. The first-order valence-electron chi connectivity index (χ1n) is 7.68. The van der Waals surface area contributed by atoms with Gasteiger partial charge in [0.2, 0.25) is 5.75 Å². The standard InChI is InChI=1S/C17H22N4O4/c1-10(2)12-8-13(20-19-12)17(22)21-18-9-11-6-14(23-3)16(25-5)15(7-11)24-4/h6-10H,1-5H3,(H,19,20)(H,21,22)/b18-9-. The quantitative estimate of drug-likeness (QED) is 0.592. The van der Waals surface area contributed by atoms with Gasteiger partial charge in [-0.15, -0.1) is 0 Å². The molecule has 0 atom stereocenters. The average Bonchev–Trinajstić information content (AvgIpc) is 3.11. The van der Waals surface area contributed by atoms with Crippen molar-refractivity contribution < 1.29 is 19.0 Å². The monoisotopic (exact) mass is 346 g/mol. The Labute approximate surface area is 146 Å². The van der Waals surface area contributed by atoms with Gasteiger partial charge in [-0.25, -0.2) is 5.43 Å². The van der Waals surface area contributed by atoms with E-state index in [1.165, 1.54) is 27.5 Å². The van der Waals surface area contributed by atoms with Crippen molar-refractivity contribution in [1.29, 1.82) is 0 Å². The number of H-pyrrole nitrogens is 1. The van der Waals surface area contributed by atoms with Gasteiger partial charge in [0.1, 0.15) is 0 Å². The molecule has 0 spiro atoms. The molecule has 0 aliphatic rings. The molecule has 25 heavy (non-hydrogen) atoms. The Balaban J connectivity index is 2.12. The summed E-state index contributed by atoms with van der Waals surface area (Å²) in [6.45, 7) is 4.02. The largest absolute Gasteiger partial charge is 0.493 e. The minimum Gasteiger partial charge on any atom is -0.493 e. The summed E-state index contributed by atoms with van der Waals surface area (Å²) in [5.41, 5.74) is 4.29. The summed E-state index contributed by atoms with van der Waals surface area (Å²) in [5, 5.41) is 10.7. The van der Waals surface area contributed by atoms with Crippen LogP contribution in [0.4, 0.5) is 0 Å². The van der Waals surface area contributed by atoms with Crippen LogP contribution in [-0.4, -0.2) is 43.6 Å². The number of benzene rings is 1. The van der Waals surface area contributed by atoms with E-state index < -0.39 is 5.91 Å². The SMILES string of the molecule is COc1cc(/C=N\NC(=O)c2cc(C(C)C)[nH]n2)cc(OC)c1OC. The Kier molecular flexibility index (Phi) is 5.99. The number of ether oxygens (including phenoxy) is 3. The van der Waals surface area contributed by atoms with Gasteiger partial charge >= 0.3 is 0 Å². The van der Waals surface area contributed by atoms with Gasteiger partial charge < -0.3 is 14.2 Å². The van der Waals surface area contributed by atoms with Crippen molar-refractivity contribution >= 4 is 12.1 Å². The highest BCUT2D eigenvalue weighted by Crippen LogP contribution is 2.37. The first-order valence-corrected chi connectivity index (χ1v) is 7.68. The van der Waals surface area contributed by atoms with Crippen LogP contribution in [0.5, 0.6) is 17.2 Å². The van der Waals surface area contributed by atoms with Gasteiger partial charge in [0.15, 0.2) is 17.2 Å². The first kappa shape index (κ1) is 18.3. The van der Waals surface area contributed by atoms with Crippen molar-refractivity contribution in [3.05, 3.63) is 35.2 Å². The molecule has 2 N–H and O–H groups in total. The molecule has 2 aromatic rings. The lowest BCUT2D eigenvalue weighted by molar-refractivity contribution is 0.0950. The number of aromatic nitrogens is 2. The molecule has 0 unspecified atom stereocenters. The highest BCUT2D eigenvalue weighted by atomic mass is 16.5. The molecular formula is C17H22N4O4. The molecule has 0 bridgehead atoms. The molecule has 0 aliphatic heterocycles. The van der Waals surface area contributed by atoms with Gasteiger partial charge in [-0.05, 0) is 24.1 Å². The van der Waals surface area contributed by atoms with Crippen LogP contribution in [0.15, 0.2) is 23.3 Å². The van der Waals surface area contributed by atoms with E-state index in [-0.39, 0.29) is 11.6 Å². The topological polar surface area (TPSA) is 97.8 Å². The Bertz CT molecular complexity index is 743. The van der Waals surface area contributed by atoms with Crippen LogP contribution < -0.4 is 19.6 Å². The van der Waals surface area contributed by atoms with Crippen molar-refractivity contribution in [3.63, 3.8) is 0 Å². The Morgan fingerprint density at radius 2 is 1.80 bits per heavy atom. The summed E-state index contributed by atoms with van der Waals surface area (Å²) in [4.78, 5) is 12.0. The smallest absolute Gasteiger partial charge is 0.291 e. The minimum absolute atomic E-state index is 0.261. The molecule has 1 heterocycles. The summed E-state index contributed by atoms with van der Waals surface area (Å²) >= 11 is 0. The molecule has 0 saturated carbocycles. The second-order valence-electron chi connectivity index (χ2n) is 5.52. The normalized spacial score (nSPS) is 11.0. The first-order chi connectivity index (χ1) is 12.0. The van der Waals surface area contributed by atoms with E-state index in [9.17, 15) is 4.79 Å². The van der Waals surface area contributed by atoms with Crippen LogP contribution in [0.25, 0.3) is 0 Å². The zero-order valence-electron chi connectivity index (χ0n) is 14.9. The van der Waals surface area contributed by atoms with Crippen LogP contribution in [0, 0.1) is 0 Å². The van der Waals surface area contributed by atoms with E-state index >= 15 is 0 Å². The lowest BCUT2D eigenvalue weighted by Crippen LogP contribution is -2.18. The van der Waals surface area contributed by atoms with Crippen molar-refractivity contribution in [3.8, 4) is 17.2 Å². The number of rotatable bonds is 7. The van der Waals surface area contributed by atoms with Crippen LogP contribution in [0.3, 0.4) is 0 Å². The number of carbonyl (C=O) groups excluding carboxylic acids is 1. The van der Waals surface area contributed by atoms with Gasteiger partial charge in [-0.3, -0.25) is 9.89 Å². The van der Waals surface area contributed by atoms with Crippen LogP contribution in [0.2, 0.25) is 0 Å². The zero-order valence-corrected chi connectivity index (χ0v) is 14.9. The van der Waals surface area contributed by atoms with E-state index in [2.05, 4.69) is 20.7 Å². The van der Waals surface area contributed by atoms with E-state index in [0.717, 1.165) is 5.69 Å². The average molecular weight is 346 g/mol. The predicted molar refractivity (Wildman–Crippen MR) is 93.8 cm³/mol. The molecule has 0 radical (unpaired) electrons. The third-order valence-corrected chi connectivity index (χ3v) is 3.52. The molecule has 2 rings (SSSR count). The molecule has 1 aromatic carbocycles. The molecule has 8 nitrogen and oxygen atoms in total. The van der Waals surface area contributed by atoms with Crippen molar-refractivity contribution in [2.24, 2.45) is 5.10 Å². The lowest BCUT2D eigenvalue weighted by atomic mass is 10.1. The van der Waals surface area contributed by atoms with E-state index in [4.69, 9.17) is 14.2 Å². The van der Waals surface area contributed by atoms with Gasteiger partial charge in [0, 0.05) is 11.3 Å². The fourth-order valence-electron chi connectivity index (χ4n) is 2.15. The second kappa shape index (κ2) is 8.18. The fourth-order valence-corrected chi connectivity index (χ4v) is 2.15. The zero-order chi connectivity index (χ0) is 18.4. The summed E-state index contributed by atoms with van der Waals surface area (Å²) in [6, 6.07) is 5.15. The summed E-state index contributed by atoms with van der Waals surface area (Å²) in [5.74, 6) is 1.36. The molecule has 134 valence electrons. The third-order valence-electron chi connectivity index (χ3n) is 3.52. The molecule has 8 heteroatoms. The number of methoxy groups -OCH3 is 3. The number of hydrazone groups is 1. The van der Waals surface area contributed by atoms with E-state index in [1.54, 1.807) is 18.2 Å². The number of aromatic amines is 1. The second-order valence-corrected chi connectivity index (χ2v) is 5.52. The van der Waals surface area contributed by atoms with Crippen molar-refractivity contribution in [2.75, 3.05) is 21.3 Å². The maximum Gasteiger partial charge on any atom is 0.291 e. The van der Waals surface area contributed by atoms with E-state index in [1.807, 2.05) is 13.8 Å². The fraction of sp³-hybridized carbons (Fsp3) is 0.353. The number of nitrogens with one attached hydrogen (secondary N) is 2. The number of hydrogen-bond acceptors (Lipinski definition) is 6. The highest BCUT2D eigenvalue weighted by molar-refractivity contribution is 5.93. The molecular weight excluding hydrogens is 324 g/mol. The molecule has 1 aromatic heterocycles. The van der Waals surface area contributed by atoms with Gasteiger partial charge in [-0.2, -0.15) is 10.2 Å². The maximum atomic E-state index is 12.0. The number of hydrogen-bond donors (Lipinski definition) is 2. The van der Waals surface area contributed by atoms with Crippen LogP contribution in [-0.2, 0) is 0 Å². The summed E-state index contributed by atoms with van der Waals surface area (Å²) in [6.07, 6.45) is 1.48. The molecule has 1 amide bonds. The Morgan fingerprint density at radius 1 is 1.16 bits per heavy atom. The number of carbonyl (C=O) groups is 1. The number of nitrogens with zero attached hydrogens (tertiary/aromatic N) is 2. The highest BCUT2D eigenvalue weighted by Gasteiger charge is 2.13.